The highest BCUT2D eigenvalue weighted by Gasteiger charge is 2.03. The van der Waals surface area contributed by atoms with E-state index in [0.29, 0.717) is 0 Å². The maximum absolute atomic E-state index is 2.38. The Morgan fingerprint density at radius 1 is 0.326 bits per heavy atom. The molecule has 0 unspecified atom stereocenters. The number of pyridine rings is 2. The van der Waals surface area contributed by atoms with Crippen molar-refractivity contribution in [1.82, 2.24) is 0 Å². The van der Waals surface area contributed by atoms with E-state index >= 15 is 0 Å². The standard InChI is InChI=1S/C38H66N2.3C2H6/c1-3-5-7-9-17-21-25-37-27-33-39(34-28-37)31-23-19-15-13-11-12-14-16-20-24-32-40-35-29-38(30-36-40)26-22-18-10-8-6-4-2;3*1-2/h27-30,33-36H,3-26,31-32H2,1-2H3;3*1-2H3/q+2;;;. The molecule has 0 aliphatic rings. The zero-order valence-electron chi connectivity index (χ0n) is 32.9. The Bertz CT molecular complexity index is 726. The molecule has 2 rings (SSSR count). The minimum absolute atomic E-state index is 1.18. The van der Waals surface area contributed by atoms with E-state index in [0.717, 1.165) is 0 Å². The summed E-state index contributed by atoms with van der Waals surface area (Å²) in [5, 5.41) is 0. The lowest BCUT2D eigenvalue weighted by molar-refractivity contribution is -0.697. The van der Waals surface area contributed by atoms with Gasteiger partial charge in [0.15, 0.2) is 24.8 Å². The van der Waals surface area contributed by atoms with Crippen molar-refractivity contribution in [1.29, 1.82) is 0 Å². The van der Waals surface area contributed by atoms with Crippen LogP contribution in [0.2, 0.25) is 0 Å². The molecule has 0 fully saturated rings. The average Bonchev–Trinajstić information content (AvgIpc) is 3.12. The van der Waals surface area contributed by atoms with E-state index in [4.69, 9.17) is 0 Å². The van der Waals surface area contributed by atoms with Crippen LogP contribution in [0.15, 0.2) is 49.1 Å². The van der Waals surface area contributed by atoms with Crippen molar-refractivity contribution in [3.63, 3.8) is 0 Å². The lowest BCUT2D eigenvalue weighted by atomic mass is 10.1. The summed E-state index contributed by atoms with van der Waals surface area (Å²) in [5.74, 6) is 0. The first-order valence-corrected chi connectivity index (χ1v) is 20.8. The first kappa shape index (κ1) is 46.4. The van der Waals surface area contributed by atoms with Gasteiger partial charge in [-0.3, -0.25) is 0 Å². The van der Waals surface area contributed by atoms with Crippen molar-refractivity contribution < 1.29 is 9.13 Å². The van der Waals surface area contributed by atoms with Gasteiger partial charge in [0.25, 0.3) is 0 Å². The predicted octanol–water partition coefficient (Wildman–Crippen LogP) is 13.7. The number of aryl methyl sites for hydroxylation is 4. The van der Waals surface area contributed by atoms with Crippen LogP contribution >= 0.6 is 0 Å². The molecule has 2 aromatic heterocycles. The van der Waals surface area contributed by atoms with Gasteiger partial charge in [-0.15, -0.1) is 0 Å². The van der Waals surface area contributed by atoms with Crippen molar-refractivity contribution in [2.45, 2.75) is 223 Å². The highest BCUT2D eigenvalue weighted by molar-refractivity contribution is 5.07. The molecule has 268 valence electrons. The van der Waals surface area contributed by atoms with Gasteiger partial charge in [0.05, 0.1) is 0 Å². The van der Waals surface area contributed by atoms with Crippen LogP contribution in [0.25, 0.3) is 0 Å². The van der Waals surface area contributed by atoms with Crippen molar-refractivity contribution in [3.8, 4) is 0 Å². The smallest absolute Gasteiger partial charge is 0.169 e. The lowest BCUT2D eigenvalue weighted by Crippen LogP contribution is -2.32. The first-order valence-electron chi connectivity index (χ1n) is 20.8. The van der Waals surface area contributed by atoms with Crippen LogP contribution in [0, 0.1) is 0 Å². The Labute approximate surface area is 291 Å². The Balaban J connectivity index is 0. The third-order valence-corrected chi connectivity index (χ3v) is 8.64. The van der Waals surface area contributed by atoms with Crippen molar-refractivity contribution in [2.75, 3.05) is 0 Å². The minimum atomic E-state index is 1.18. The molecule has 2 heteroatoms. The van der Waals surface area contributed by atoms with E-state index in [1.54, 1.807) is 0 Å². The van der Waals surface area contributed by atoms with E-state index in [1.165, 1.54) is 178 Å². The third-order valence-electron chi connectivity index (χ3n) is 8.64. The molecule has 0 bridgehead atoms. The molecule has 0 aliphatic carbocycles. The predicted molar refractivity (Wildman–Crippen MR) is 208 cm³/mol. The molecule has 46 heavy (non-hydrogen) atoms. The fourth-order valence-corrected chi connectivity index (χ4v) is 5.83. The van der Waals surface area contributed by atoms with Crippen LogP contribution in [0.5, 0.6) is 0 Å². The Hall–Kier alpha value is -1.70. The summed E-state index contributed by atoms with van der Waals surface area (Å²) in [7, 11) is 0. The number of rotatable bonds is 27. The quantitative estimate of drug-likeness (QED) is 0.0678. The van der Waals surface area contributed by atoms with Gasteiger partial charge in [-0.25, -0.2) is 9.13 Å². The van der Waals surface area contributed by atoms with Crippen LogP contribution in [-0.4, -0.2) is 0 Å². The summed E-state index contributed by atoms with van der Waals surface area (Å²) in [6, 6.07) is 9.38. The SMILES string of the molecule is CC.CC.CC.CCCCCCCCc1cc[n+](CCCCCCCCCCCC[n+]2ccc(CCCCCCCC)cc2)cc1. The van der Waals surface area contributed by atoms with E-state index in [2.05, 4.69) is 72.0 Å². The Morgan fingerprint density at radius 2 is 0.565 bits per heavy atom. The van der Waals surface area contributed by atoms with Gasteiger partial charge in [0.1, 0.15) is 13.1 Å². The maximum atomic E-state index is 2.38. The topological polar surface area (TPSA) is 7.76 Å². The molecule has 0 atom stereocenters. The zero-order valence-corrected chi connectivity index (χ0v) is 32.9. The van der Waals surface area contributed by atoms with Crippen molar-refractivity contribution in [2.24, 2.45) is 0 Å². The minimum Gasteiger partial charge on any atom is -0.205 e. The summed E-state index contributed by atoms with van der Waals surface area (Å²) in [6.07, 6.45) is 42.2. The van der Waals surface area contributed by atoms with E-state index in [1.807, 2.05) is 41.5 Å². The zero-order chi connectivity index (χ0) is 34.4. The molecular formula is C44H84N2+2. The monoisotopic (exact) mass is 641 g/mol. The van der Waals surface area contributed by atoms with Gasteiger partial charge in [0, 0.05) is 37.1 Å². The number of hydrogen-bond donors (Lipinski definition) is 0. The highest BCUT2D eigenvalue weighted by atomic mass is 14.9. The molecule has 0 radical (unpaired) electrons. The number of unbranched alkanes of at least 4 members (excludes halogenated alkanes) is 19. The first-order chi connectivity index (χ1) is 22.8. The number of aromatic nitrogens is 2. The average molecular weight is 641 g/mol. The van der Waals surface area contributed by atoms with Crippen LogP contribution in [0.4, 0.5) is 0 Å². The molecule has 0 spiro atoms. The molecular weight excluding hydrogens is 556 g/mol. The van der Waals surface area contributed by atoms with Crippen LogP contribution in [0.3, 0.4) is 0 Å². The molecule has 0 aliphatic heterocycles. The maximum Gasteiger partial charge on any atom is 0.169 e. The van der Waals surface area contributed by atoms with Crippen LogP contribution in [-0.2, 0) is 25.9 Å². The van der Waals surface area contributed by atoms with Gasteiger partial charge in [0.2, 0.25) is 0 Å². The van der Waals surface area contributed by atoms with Gasteiger partial charge >= 0.3 is 0 Å². The molecule has 0 N–H and O–H groups in total. The van der Waals surface area contributed by atoms with E-state index < -0.39 is 0 Å². The molecule has 2 nitrogen and oxygen atoms in total. The van der Waals surface area contributed by atoms with Crippen LogP contribution < -0.4 is 9.13 Å². The summed E-state index contributed by atoms with van der Waals surface area (Å²) in [5.41, 5.74) is 3.02. The molecule has 0 amide bonds. The normalized spacial score (nSPS) is 10.3. The Kier molecular flexibility index (Phi) is 39.8. The number of hydrogen-bond acceptors (Lipinski definition) is 0. The third kappa shape index (κ3) is 29.7. The van der Waals surface area contributed by atoms with Crippen LogP contribution in [0.1, 0.15) is 208 Å². The van der Waals surface area contributed by atoms with E-state index in [9.17, 15) is 0 Å². The molecule has 0 saturated carbocycles. The molecule has 2 aromatic rings. The summed E-state index contributed by atoms with van der Waals surface area (Å²) in [4.78, 5) is 0. The summed E-state index contributed by atoms with van der Waals surface area (Å²) < 4.78 is 4.77. The second-order valence-corrected chi connectivity index (χ2v) is 12.5. The Morgan fingerprint density at radius 3 is 0.848 bits per heavy atom. The lowest BCUT2D eigenvalue weighted by Gasteiger charge is -2.03. The van der Waals surface area contributed by atoms with Gasteiger partial charge < -0.3 is 0 Å². The van der Waals surface area contributed by atoms with Gasteiger partial charge in [-0.05, 0) is 49.7 Å². The fourth-order valence-electron chi connectivity index (χ4n) is 5.83. The van der Waals surface area contributed by atoms with E-state index in [-0.39, 0.29) is 0 Å². The summed E-state index contributed by atoms with van der Waals surface area (Å²) >= 11 is 0. The summed E-state index contributed by atoms with van der Waals surface area (Å²) in [6.45, 7) is 18.9. The second kappa shape index (κ2) is 39.5. The van der Waals surface area contributed by atoms with Gasteiger partial charge in [-0.2, -0.15) is 0 Å². The largest absolute Gasteiger partial charge is 0.205 e. The molecule has 0 saturated heterocycles. The fraction of sp³-hybridized carbons (Fsp3) is 0.773. The van der Waals surface area contributed by atoms with Crippen molar-refractivity contribution in [3.05, 3.63) is 60.2 Å². The molecule has 2 heterocycles. The number of nitrogens with zero attached hydrogens (tertiary/aromatic N) is 2. The highest BCUT2D eigenvalue weighted by Crippen LogP contribution is 2.12. The second-order valence-electron chi connectivity index (χ2n) is 12.5. The molecule has 0 aromatic carbocycles. The van der Waals surface area contributed by atoms with Gasteiger partial charge in [-0.1, -0.05) is 158 Å². The van der Waals surface area contributed by atoms with Crippen molar-refractivity contribution >= 4 is 0 Å².